The highest BCUT2D eigenvalue weighted by Gasteiger charge is 2.08. The number of benzene rings is 1. The van der Waals surface area contributed by atoms with Gasteiger partial charge in [0.05, 0.1) is 0 Å². The van der Waals surface area contributed by atoms with Crippen molar-refractivity contribution < 1.29 is 0 Å². The van der Waals surface area contributed by atoms with Gasteiger partial charge >= 0.3 is 0 Å². The van der Waals surface area contributed by atoms with Gasteiger partial charge in [0.15, 0.2) is 0 Å². The molecule has 0 aliphatic rings. The van der Waals surface area contributed by atoms with Gasteiger partial charge in [0.2, 0.25) is 0 Å². The molecule has 1 aromatic carbocycles. The first-order valence-corrected chi connectivity index (χ1v) is 6.05. The van der Waals surface area contributed by atoms with Crippen LogP contribution in [0.25, 0.3) is 0 Å². The zero-order valence-corrected chi connectivity index (χ0v) is 14.5. The lowest BCUT2D eigenvalue weighted by atomic mass is 10.1. The summed E-state index contributed by atoms with van der Waals surface area (Å²) >= 11 is 3.53. The predicted molar refractivity (Wildman–Crippen MR) is 87.8 cm³/mol. The van der Waals surface area contributed by atoms with Crippen LogP contribution in [-0.2, 0) is 13.1 Å². The molecule has 0 heterocycles. The standard InChI is InChI=1S/C12H20BrN3.2ClH/c1-15(2)7-9-5-11(13)6-10(12(9)14)8-16(3)4;;/h5-6H,7-8,14H2,1-4H3;2*1H. The van der Waals surface area contributed by atoms with Crippen molar-refractivity contribution in [1.82, 2.24) is 9.80 Å². The van der Waals surface area contributed by atoms with Gasteiger partial charge in [0.1, 0.15) is 0 Å². The molecule has 0 spiro atoms. The summed E-state index contributed by atoms with van der Waals surface area (Å²) in [5.41, 5.74) is 9.44. The average molecular weight is 359 g/mol. The Morgan fingerprint density at radius 1 is 0.944 bits per heavy atom. The van der Waals surface area contributed by atoms with Gasteiger partial charge in [0, 0.05) is 23.2 Å². The smallest absolute Gasteiger partial charge is 0.0406 e. The van der Waals surface area contributed by atoms with Crippen LogP contribution in [0.5, 0.6) is 0 Å². The summed E-state index contributed by atoms with van der Waals surface area (Å²) in [4.78, 5) is 4.25. The van der Waals surface area contributed by atoms with E-state index in [1.165, 1.54) is 11.1 Å². The minimum atomic E-state index is 0. The second-order valence-corrected chi connectivity index (χ2v) is 5.53. The Bertz CT molecular complexity index is 339. The van der Waals surface area contributed by atoms with E-state index in [4.69, 9.17) is 5.73 Å². The zero-order valence-electron chi connectivity index (χ0n) is 11.2. The van der Waals surface area contributed by atoms with Gasteiger partial charge in [-0.1, -0.05) is 15.9 Å². The highest BCUT2D eigenvalue weighted by atomic mass is 79.9. The van der Waals surface area contributed by atoms with Crippen LogP contribution in [-0.4, -0.2) is 38.0 Å². The molecule has 106 valence electrons. The lowest BCUT2D eigenvalue weighted by Gasteiger charge is -2.18. The summed E-state index contributed by atoms with van der Waals surface area (Å²) in [6.45, 7) is 1.73. The summed E-state index contributed by atoms with van der Waals surface area (Å²) in [6.07, 6.45) is 0. The maximum Gasteiger partial charge on any atom is 0.0406 e. The van der Waals surface area contributed by atoms with Crippen LogP contribution in [0.15, 0.2) is 16.6 Å². The third kappa shape index (κ3) is 6.25. The molecule has 0 fully saturated rings. The molecule has 0 amide bonds. The monoisotopic (exact) mass is 357 g/mol. The van der Waals surface area contributed by atoms with Gasteiger partial charge in [-0.25, -0.2) is 0 Å². The molecule has 2 N–H and O–H groups in total. The Balaban J connectivity index is 0. The molecule has 0 aliphatic heterocycles. The van der Waals surface area contributed by atoms with Crippen molar-refractivity contribution in [2.75, 3.05) is 33.9 Å². The largest absolute Gasteiger partial charge is 0.398 e. The lowest BCUT2D eigenvalue weighted by molar-refractivity contribution is 0.397. The molecule has 0 atom stereocenters. The molecule has 6 heteroatoms. The van der Waals surface area contributed by atoms with Crippen LogP contribution in [0, 0.1) is 0 Å². The van der Waals surface area contributed by atoms with Crippen LogP contribution < -0.4 is 5.73 Å². The Morgan fingerprint density at radius 3 is 1.56 bits per heavy atom. The van der Waals surface area contributed by atoms with E-state index in [0.717, 1.165) is 23.2 Å². The molecule has 0 bridgehead atoms. The van der Waals surface area contributed by atoms with Gasteiger partial charge in [-0.15, -0.1) is 24.8 Å². The first-order chi connectivity index (χ1) is 7.40. The predicted octanol–water partition coefficient (Wildman–Crippen LogP) is 3.00. The maximum absolute atomic E-state index is 6.17. The molecule has 0 unspecified atom stereocenters. The fraction of sp³-hybridized carbons (Fsp3) is 0.500. The topological polar surface area (TPSA) is 32.5 Å². The van der Waals surface area contributed by atoms with Crippen molar-refractivity contribution >= 4 is 46.4 Å². The highest BCUT2D eigenvalue weighted by molar-refractivity contribution is 9.10. The Kier molecular flexibility index (Phi) is 10.2. The number of hydrogen-bond donors (Lipinski definition) is 1. The fourth-order valence-corrected chi connectivity index (χ4v) is 2.23. The van der Waals surface area contributed by atoms with Crippen LogP contribution >= 0.6 is 40.7 Å². The molecule has 0 aliphatic carbocycles. The number of nitrogens with two attached hydrogens (primary N) is 1. The van der Waals surface area contributed by atoms with Crippen molar-refractivity contribution in [3.05, 3.63) is 27.7 Å². The normalized spacial score (nSPS) is 10.2. The second kappa shape index (κ2) is 8.99. The van der Waals surface area contributed by atoms with E-state index < -0.39 is 0 Å². The average Bonchev–Trinajstić information content (AvgIpc) is 2.11. The number of nitrogens with zero attached hydrogens (tertiary/aromatic N) is 2. The van der Waals surface area contributed by atoms with E-state index in [1.54, 1.807) is 0 Å². The quantitative estimate of drug-likeness (QED) is 0.839. The molecule has 18 heavy (non-hydrogen) atoms. The third-order valence-corrected chi connectivity index (χ3v) is 2.75. The van der Waals surface area contributed by atoms with E-state index in [-0.39, 0.29) is 24.8 Å². The van der Waals surface area contributed by atoms with Gasteiger partial charge in [-0.05, 0) is 51.5 Å². The fourth-order valence-electron chi connectivity index (χ4n) is 1.68. The molecular weight excluding hydrogens is 337 g/mol. The third-order valence-electron chi connectivity index (χ3n) is 2.29. The van der Waals surface area contributed by atoms with E-state index in [1.807, 2.05) is 28.2 Å². The molecule has 3 nitrogen and oxygen atoms in total. The van der Waals surface area contributed by atoms with Crippen LogP contribution in [0.1, 0.15) is 11.1 Å². The van der Waals surface area contributed by atoms with Crippen LogP contribution in [0.4, 0.5) is 5.69 Å². The van der Waals surface area contributed by atoms with E-state index in [9.17, 15) is 0 Å². The van der Waals surface area contributed by atoms with Crippen LogP contribution in [0.2, 0.25) is 0 Å². The Morgan fingerprint density at radius 2 is 1.28 bits per heavy atom. The zero-order chi connectivity index (χ0) is 12.3. The summed E-state index contributed by atoms with van der Waals surface area (Å²) in [7, 11) is 8.19. The first-order valence-electron chi connectivity index (χ1n) is 5.26. The summed E-state index contributed by atoms with van der Waals surface area (Å²) in [5, 5.41) is 0. The SMILES string of the molecule is CN(C)Cc1cc(Br)cc(CN(C)C)c1N.Cl.Cl. The second-order valence-electron chi connectivity index (χ2n) is 4.61. The molecule has 1 aromatic rings. The molecule has 1 rings (SSSR count). The minimum absolute atomic E-state index is 0. The van der Waals surface area contributed by atoms with Gasteiger partial charge in [-0.2, -0.15) is 0 Å². The van der Waals surface area contributed by atoms with Crippen molar-refractivity contribution in [2.24, 2.45) is 0 Å². The number of halogens is 3. The minimum Gasteiger partial charge on any atom is -0.398 e. The lowest BCUT2D eigenvalue weighted by Crippen LogP contribution is -2.16. The maximum atomic E-state index is 6.17. The summed E-state index contributed by atoms with van der Waals surface area (Å²) < 4.78 is 1.09. The Hall–Kier alpha value is -0.000000000000000111. The number of anilines is 1. The summed E-state index contributed by atoms with van der Waals surface area (Å²) in [5.74, 6) is 0. The summed E-state index contributed by atoms with van der Waals surface area (Å²) in [6, 6.07) is 4.18. The van der Waals surface area contributed by atoms with Gasteiger partial charge in [-0.3, -0.25) is 0 Å². The molecule has 0 saturated carbocycles. The highest BCUT2D eigenvalue weighted by Crippen LogP contribution is 2.25. The molecule has 0 saturated heterocycles. The van der Waals surface area contributed by atoms with Crippen molar-refractivity contribution in [1.29, 1.82) is 0 Å². The number of rotatable bonds is 4. The van der Waals surface area contributed by atoms with Crippen molar-refractivity contribution in [3.63, 3.8) is 0 Å². The van der Waals surface area contributed by atoms with Crippen molar-refractivity contribution in [3.8, 4) is 0 Å². The van der Waals surface area contributed by atoms with Gasteiger partial charge in [0.25, 0.3) is 0 Å². The van der Waals surface area contributed by atoms with E-state index in [2.05, 4.69) is 37.9 Å². The Labute approximate surface area is 131 Å². The molecular formula is C12H22BrCl2N3. The first kappa shape index (κ1) is 20.3. The molecule has 0 radical (unpaired) electrons. The van der Waals surface area contributed by atoms with E-state index >= 15 is 0 Å². The van der Waals surface area contributed by atoms with Gasteiger partial charge < -0.3 is 15.5 Å². The number of nitrogen functional groups attached to an aromatic ring is 1. The number of hydrogen-bond acceptors (Lipinski definition) is 3. The van der Waals surface area contributed by atoms with Crippen LogP contribution in [0.3, 0.4) is 0 Å². The molecule has 0 aromatic heterocycles. The van der Waals surface area contributed by atoms with Crippen molar-refractivity contribution in [2.45, 2.75) is 13.1 Å². The van der Waals surface area contributed by atoms with E-state index in [0.29, 0.717) is 0 Å².